The van der Waals surface area contributed by atoms with Gasteiger partial charge in [-0.2, -0.15) is 0 Å². The Morgan fingerprint density at radius 3 is 2.24 bits per heavy atom. The fraction of sp³-hybridized carbons (Fsp3) is 0.444. The fourth-order valence-electron chi connectivity index (χ4n) is 6.70. The maximum atomic E-state index is 13.9. The largest absolute Gasteiger partial charge is 0.354 e. The summed E-state index contributed by atoms with van der Waals surface area (Å²) in [7, 11) is 0. The molecule has 1 saturated heterocycles. The number of aryl methyl sites for hydroxylation is 1. The number of likely N-dealkylation sites (tertiary alicyclic amines) is 1. The van der Waals surface area contributed by atoms with Crippen LogP contribution in [0.15, 0.2) is 84.9 Å². The van der Waals surface area contributed by atoms with Crippen molar-refractivity contribution in [1.29, 1.82) is 0 Å². The van der Waals surface area contributed by atoms with E-state index in [-0.39, 0.29) is 17.9 Å². The van der Waals surface area contributed by atoms with Crippen molar-refractivity contribution in [3.63, 3.8) is 0 Å². The van der Waals surface area contributed by atoms with Gasteiger partial charge in [0.2, 0.25) is 5.91 Å². The average molecular weight is 567 g/mol. The first-order valence-electron chi connectivity index (χ1n) is 15.7. The number of carbonyl (C=O) groups is 2. The Kier molecular flexibility index (Phi) is 10.4. The van der Waals surface area contributed by atoms with Crippen LogP contribution in [-0.2, 0) is 17.8 Å². The van der Waals surface area contributed by atoms with E-state index in [9.17, 15) is 9.59 Å². The topological polar surface area (TPSA) is 78.7 Å². The summed E-state index contributed by atoms with van der Waals surface area (Å²) in [5.41, 5.74) is 10.2. The van der Waals surface area contributed by atoms with Crippen molar-refractivity contribution in [2.45, 2.75) is 64.1 Å². The monoisotopic (exact) mass is 566 g/mol. The molecule has 3 N–H and O–H groups in total. The lowest BCUT2D eigenvalue weighted by Crippen LogP contribution is -2.47. The van der Waals surface area contributed by atoms with Crippen LogP contribution in [0, 0.1) is 18.8 Å². The highest BCUT2D eigenvalue weighted by Gasteiger charge is 2.42. The van der Waals surface area contributed by atoms with Gasteiger partial charge in [0.15, 0.2) is 0 Å². The number of nitrogens with zero attached hydrogens (tertiary/aromatic N) is 2. The van der Waals surface area contributed by atoms with Gasteiger partial charge in [0, 0.05) is 37.8 Å². The minimum atomic E-state index is -0.493. The van der Waals surface area contributed by atoms with Crippen LogP contribution in [0.2, 0.25) is 0 Å². The van der Waals surface area contributed by atoms with Crippen LogP contribution < -0.4 is 11.1 Å². The van der Waals surface area contributed by atoms with Crippen molar-refractivity contribution < 1.29 is 9.59 Å². The summed E-state index contributed by atoms with van der Waals surface area (Å²) in [5, 5.41) is 3.26. The van der Waals surface area contributed by atoms with E-state index in [1.165, 1.54) is 24.0 Å². The van der Waals surface area contributed by atoms with Gasteiger partial charge in [0.05, 0.1) is 0 Å². The Bertz CT molecular complexity index is 1280. The zero-order valence-corrected chi connectivity index (χ0v) is 25.0. The van der Waals surface area contributed by atoms with E-state index < -0.39 is 6.04 Å². The molecule has 5 rings (SSSR count). The molecule has 42 heavy (non-hydrogen) atoms. The predicted octanol–water partition coefficient (Wildman–Crippen LogP) is 5.20. The molecule has 0 bridgehead atoms. The van der Waals surface area contributed by atoms with Gasteiger partial charge in [0.1, 0.15) is 6.04 Å². The summed E-state index contributed by atoms with van der Waals surface area (Å²) in [6, 6.07) is 28.3. The average Bonchev–Trinajstić information content (AvgIpc) is 3.48. The molecule has 3 aromatic carbocycles. The SMILES string of the molecule is Cc1ccc(C(=O)N2CC(N(CCc3ccccc3)Cc3ccccc3)CC2C(=O)NCC2CCCC(CN)C2)cc1. The first-order valence-corrected chi connectivity index (χ1v) is 15.7. The van der Waals surface area contributed by atoms with E-state index in [4.69, 9.17) is 5.73 Å². The Labute approximate surface area is 251 Å². The lowest BCUT2D eigenvalue weighted by Gasteiger charge is -2.29. The number of amides is 2. The van der Waals surface area contributed by atoms with Gasteiger partial charge in [-0.05, 0) is 80.7 Å². The maximum absolute atomic E-state index is 13.9. The normalized spacial score (nSPS) is 22.3. The Hall–Kier alpha value is -3.48. The second-order valence-electron chi connectivity index (χ2n) is 12.3. The van der Waals surface area contributed by atoms with E-state index in [1.54, 1.807) is 0 Å². The molecule has 4 unspecified atom stereocenters. The summed E-state index contributed by atoms with van der Waals surface area (Å²) in [5.74, 6) is 0.902. The second kappa shape index (κ2) is 14.6. The lowest BCUT2D eigenvalue weighted by atomic mass is 9.81. The summed E-state index contributed by atoms with van der Waals surface area (Å²) in [6.07, 6.45) is 6.09. The van der Waals surface area contributed by atoms with E-state index in [2.05, 4.69) is 58.7 Å². The molecule has 0 radical (unpaired) electrons. The summed E-state index contributed by atoms with van der Waals surface area (Å²) in [4.78, 5) is 32.0. The van der Waals surface area contributed by atoms with Crippen molar-refractivity contribution in [2.75, 3.05) is 26.2 Å². The highest BCUT2D eigenvalue weighted by molar-refractivity contribution is 5.98. The Morgan fingerprint density at radius 2 is 1.55 bits per heavy atom. The minimum Gasteiger partial charge on any atom is -0.354 e. The highest BCUT2D eigenvalue weighted by Crippen LogP contribution is 2.29. The van der Waals surface area contributed by atoms with E-state index in [0.717, 1.165) is 37.9 Å². The second-order valence-corrected chi connectivity index (χ2v) is 12.3. The summed E-state index contributed by atoms with van der Waals surface area (Å²) < 4.78 is 0. The van der Waals surface area contributed by atoms with E-state index >= 15 is 0 Å². The molecule has 2 fully saturated rings. The number of hydrogen-bond donors (Lipinski definition) is 2. The van der Waals surface area contributed by atoms with E-state index in [0.29, 0.717) is 43.5 Å². The number of benzene rings is 3. The molecule has 0 aromatic heterocycles. The quantitative estimate of drug-likeness (QED) is 0.334. The van der Waals surface area contributed by atoms with Crippen LogP contribution in [0.3, 0.4) is 0 Å². The number of rotatable bonds is 11. The molecule has 1 saturated carbocycles. The van der Waals surface area contributed by atoms with Crippen molar-refractivity contribution >= 4 is 11.8 Å². The van der Waals surface area contributed by atoms with Crippen LogP contribution in [-0.4, -0.2) is 59.9 Å². The number of nitrogens with two attached hydrogens (primary N) is 1. The van der Waals surface area contributed by atoms with E-state index in [1.807, 2.05) is 48.2 Å². The predicted molar refractivity (Wildman–Crippen MR) is 169 cm³/mol. The minimum absolute atomic E-state index is 0.0319. The van der Waals surface area contributed by atoms with Gasteiger partial charge < -0.3 is 16.0 Å². The molecule has 2 amide bonds. The molecule has 6 nitrogen and oxygen atoms in total. The van der Waals surface area contributed by atoms with Gasteiger partial charge in [0.25, 0.3) is 5.91 Å². The molecule has 2 aliphatic rings. The Balaban J connectivity index is 1.34. The van der Waals surface area contributed by atoms with Gasteiger partial charge in [-0.25, -0.2) is 0 Å². The Morgan fingerprint density at radius 1 is 0.881 bits per heavy atom. The molecule has 3 aromatic rings. The standard InChI is InChI=1S/C36H46N4O2/c1-27-15-17-32(18-16-27)36(42)40-26-33(22-34(40)35(41)38-24-31-14-8-13-30(21-31)23-37)39(25-29-11-6-3-7-12-29)20-19-28-9-4-2-5-10-28/h2-7,9-12,15-18,30-31,33-34H,8,13-14,19-26,37H2,1H3,(H,38,41). The van der Waals surface area contributed by atoms with Gasteiger partial charge in [-0.1, -0.05) is 84.8 Å². The van der Waals surface area contributed by atoms with Crippen LogP contribution in [0.5, 0.6) is 0 Å². The fourth-order valence-corrected chi connectivity index (χ4v) is 6.70. The first-order chi connectivity index (χ1) is 20.5. The molecule has 0 spiro atoms. The maximum Gasteiger partial charge on any atom is 0.254 e. The third kappa shape index (κ3) is 7.87. The lowest BCUT2D eigenvalue weighted by molar-refractivity contribution is -0.125. The third-order valence-corrected chi connectivity index (χ3v) is 9.21. The zero-order valence-electron chi connectivity index (χ0n) is 25.0. The van der Waals surface area contributed by atoms with Crippen LogP contribution in [0.4, 0.5) is 0 Å². The zero-order chi connectivity index (χ0) is 29.3. The van der Waals surface area contributed by atoms with Crippen LogP contribution >= 0.6 is 0 Å². The molecule has 1 aliphatic carbocycles. The molecule has 1 aliphatic heterocycles. The molecule has 1 heterocycles. The molecular weight excluding hydrogens is 520 g/mol. The van der Waals surface area contributed by atoms with Gasteiger partial charge >= 0.3 is 0 Å². The summed E-state index contributed by atoms with van der Waals surface area (Å²) in [6.45, 7) is 5.56. The molecular formula is C36H46N4O2. The smallest absolute Gasteiger partial charge is 0.254 e. The number of hydrogen-bond acceptors (Lipinski definition) is 4. The number of carbonyl (C=O) groups excluding carboxylic acids is 2. The molecule has 4 atom stereocenters. The summed E-state index contributed by atoms with van der Waals surface area (Å²) >= 11 is 0. The van der Waals surface area contributed by atoms with Crippen molar-refractivity contribution in [1.82, 2.24) is 15.1 Å². The molecule has 6 heteroatoms. The van der Waals surface area contributed by atoms with Crippen LogP contribution in [0.1, 0.15) is 59.2 Å². The highest BCUT2D eigenvalue weighted by atomic mass is 16.2. The van der Waals surface area contributed by atoms with Crippen molar-refractivity contribution in [2.24, 2.45) is 17.6 Å². The third-order valence-electron chi connectivity index (χ3n) is 9.21. The van der Waals surface area contributed by atoms with Crippen molar-refractivity contribution in [3.05, 3.63) is 107 Å². The molecule has 222 valence electrons. The number of nitrogens with one attached hydrogen (secondary N) is 1. The van der Waals surface area contributed by atoms with Gasteiger partial charge in [-0.15, -0.1) is 0 Å². The van der Waals surface area contributed by atoms with Crippen LogP contribution in [0.25, 0.3) is 0 Å². The van der Waals surface area contributed by atoms with Crippen molar-refractivity contribution in [3.8, 4) is 0 Å². The van der Waals surface area contributed by atoms with Gasteiger partial charge in [-0.3, -0.25) is 14.5 Å². The first kappa shape index (κ1) is 30.0.